The van der Waals surface area contributed by atoms with E-state index >= 15 is 0 Å². The predicted octanol–water partition coefficient (Wildman–Crippen LogP) is 0.497. The Balaban J connectivity index is 2.12. The summed E-state index contributed by atoms with van der Waals surface area (Å²) in [5, 5.41) is 9.72. The maximum Gasteiger partial charge on any atom is 0.318 e. The highest BCUT2D eigenvalue weighted by Gasteiger charge is 2.40. The zero-order chi connectivity index (χ0) is 18.2. The summed E-state index contributed by atoms with van der Waals surface area (Å²) in [6, 6.07) is 7.05. The first-order valence-corrected chi connectivity index (χ1v) is 10.7. The molecule has 10 heteroatoms. The molecule has 8 nitrogen and oxygen atoms in total. The number of hydrogen-bond donors (Lipinski definition) is 1. The molecule has 0 amide bonds. The Labute approximate surface area is 145 Å². The summed E-state index contributed by atoms with van der Waals surface area (Å²) in [6.07, 6.45) is 1.52. The Morgan fingerprint density at radius 3 is 2.64 bits per heavy atom. The number of carboxylic acids is 1. The second-order valence-electron chi connectivity index (χ2n) is 5.83. The molecule has 0 spiro atoms. The first-order chi connectivity index (χ1) is 11.7. The lowest BCUT2D eigenvalue weighted by atomic mass is 10.2. The highest BCUT2D eigenvalue weighted by Crippen LogP contribution is 2.28. The SMILES string of the molecule is O=C(O)CN([C@H]1CCS(=O)(=O)C1)S(=O)(=O)c1cccc2cccnc12. The number of pyridine rings is 1. The quantitative estimate of drug-likeness (QED) is 0.796. The molecule has 1 aromatic heterocycles. The van der Waals surface area contributed by atoms with Gasteiger partial charge in [-0.05, 0) is 18.6 Å². The van der Waals surface area contributed by atoms with Crippen LogP contribution in [-0.4, -0.2) is 61.3 Å². The first kappa shape index (κ1) is 17.8. The maximum absolute atomic E-state index is 13.1. The highest BCUT2D eigenvalue weighted by atomic mass is 32.2. The molecule has 0 unspecified atom stereocenters. The second kappa shape index (κ2) is 6.36. The molecule has 0 radical (unpaired) electrons. The van der Waals surface area contributed by atoms with Crippen LogP contribution in [-0.2, 0) is 24.7 Å². The van der Waals surface area contributed by atoms with Crippen molar-refractivity contribution in [3.8, 4) is 0 Å². The van der Waals surface area contributed by atoms with Gasteiger partial charge >= 0.3 is 5.97 Å². The average Bonchev–Trinajstić information content (AvgIpc) is 2.91. The third kappa shape index (κ3) is 3.51. The summed E-state index contributed by atoms with van der Waals surface area (Å²) in [5.41, 5.74) is 0.223. The molecule has 0 saturated carbocycles. The number of carbonyl (C=O) groups is 1. The smallest absolute Gasteiger partial charge is 0.318 e. The fourth-order valence-corrected chi connectivity index (χ4v) is 6.55. The van der Waals surface area contributed by atoms with Gasteiger partial charge in [-0.15, -0.1) is 0 Å². The van der Waals surface area contributed by atoms with Crippen LogP contribution in [0.4, 0.5) is 0 Å². The summed E-state index contributed by atoms with van der Waals surface area (Å²) >= 11 is 0. The van der Waals surface area contributed by atoms with E-state index in [1.807, 2.05) is 0 Å². The molecule has 0 bridgehead atoms. The predicted molar refractivity (Wildman–Crippen MR) is 90.3 cm³/mol. The molecule has 2 heterocycles. The van der Waals surface area contributed by atoms with Crippen molar-refractivity contribution in [1.29, 1.82) is 0 Å². The number of para-hydroxylation sites is 1. The summed E-state index contributed by atoms with van der Waals surface area (Å²) in [6.45, 7) is -0.800. The van der Waals surface area contributed by atoms with E-state index < -0.39 is 38.4 Å². The van der Waals surface area contributed by atoms with E-state index in [9.17, 15) is 21.6 Å². The van der Waals surface area contributed by atoms with Crippen LogP contribution < -0.4 is 0 Å². The molecule has 25 heavy (non-hydrogen) atoms. The molecule has 134 valence electrons. The largest absolute Gasteiger partial charge is 0.480 e. The fraction of sp³-hybridized carbons (Fsp3) is 0.333. The lowest BCUT2D eigenvalue weighted by Crippen LogP contribution is -2.44. The van der Waals surface area contributed by atoms with Crippen molar-refractivity contribution >= 4 is 36.7 Å². The van der Waals surface area contributed by atoms with Crippen LogP contribution in [0.3, 0.4) is 0 Å². The second-order valence-corrected chi connectivity index (χ2v) is 9.92. The molecule has 1 N–H and O–H groups in total. The van der Waals surface area contributed by atoms with Crippen LogP contribution >= 0.6 is 0 Å². The monoisotopic (exact) mass is 384 g/mol. The third-order valence-corrected chi connectivity index (χ3v) is 7.77. The maximum atomic E-state index is 13.1. The molecule has 1 atom stereocenters. The number of benzene rings is 1. The number of aromatic nitrogens is 1. The van der Waals surface area contributed by atoms with Crippen LogP contribution in [0.25, 0.3) is 10.9 Å². The molecular weight excluding hydrogens is 368 g/mol. The van der Waals surface area contributed by atoms with Gasteiger partial charge in [-0.2, -0.15) is 4.31 Å². The number of carboxylic acid groups (broad SMARTS) is 1. The van der Waals surface area contributed by atoms with Gasteiger partial charge in [-0.3, -0.25) is 9.78 Å². The molecule has 0 aliphatic carbocycles. The van der Waals surface area contributed by atoms with Crippen molar-refractivity contribution < 1.29 is 26.7 Å². The number of aliphatic carboxylic acids is 1. The molecule has 1 aromatic carbocycles. The minimum Gasteiger partial charge on any atom is -0.480 e. The zero-order valence-electron chi connectivity index (χ0n) is 13.1. The average molecular weight is 384 g/mol. The first-order valence-electron chi connectivity index (χ1n) is 7.48. The van der Waals surface area contributed by atoms with Gasteiger partial charge < -0.3 is 5.11 Å². The minimum atomic E-state index is -4.23. The van der Waals surface area contributed by atoms with E-state index in [0.717, 1.165) is 4.31 Å². The molecule has 1 aliphatic heterocycles. The van der Waals surface area contributed by atoms with Gasteiger partial charge in [-0.1, -0.05) is 18.2 Å². The van der Waals surface area contributed by atoms with E-state index in [0.29, 0.717) is 5.39 Å². The number of sulfone groups is 1. The van der Waals surface area contributed by atoms with Crippen molar-refractivity contribution in [2.75, 3.05) is 18.1 Å². The topological polar surface area (TPSA) is 122 Å². The lowest BCUT2D eigenvalue weighted by molar-refractivity contribution is -0.137. The Morgan fingerprint density at radius 1 is 1.28 bits per heavy atom. The van der Waals surface area contributed by atoms with E-state index in [-0.39, 0.29) is 28.3 Å². The fourth-order valence-electron chi connectivity index (χ4n) is 2.96. The standard InChI is InChI=1S/C15H16N2O6S2/c18-14(19)9-17(12-6-8-24(20,21)10-12)25(22,23)13-5-1-3-11-4-2-7-16-15(11)13/h1-5,7,12H,6,8-10H2,(H,18,19)/t12-/m0/s1. The lowest BCUT2D eigenvalue weighted by Gasteiger charge is -2.26. The van der Waals surface area contributed by atoms with Crippen molar-refractivity contribution in [2.24, 2.45) is 0 Å². The number of rotatable bonds is 5. The Kier molecular flexibility index (Phi) is 4.52. The summed E-state index contributed by atoms with van der Waals surface area (Å²) in [7, 11) is -7.61. The van der Waals surface area contributed by atoms with Crippen molar-refractivity contribution in [3.63, 3.8) is 0 Å². The van der Waals surface area contributed by atoms with Crippen LogP contribution in [0.2, 0.25) is 0 Å². The number of fused-ring (bicyclic) bond motifs is 1. The Morgan fingerprint density at radius 2 is 2.00 bits per heavy atom. The van der Waals surface area contributed by atoms with E-state index in [4.69, 9.17) is 5.11 Å². The number of hydrogen-bond acceptors (Lipinski definition) is 6. The normalized spacial score (nSPS) is 20.1. The van der Waals surface area contributed by atoms with Gasteiger partial charge in [0.15, 0.2) is 9.84 Å². The van der Waals surface area contributed by atoms with Gasteiger partial charge in [0.05, 0.1) is 17.0 Å². The van der Waals surface area contributed by atoms with Gasteiger partial charge in [-0.25, -0.2) is 16.8 Å². The van der Waals surface area contributed by atoms with E-state index in [1.165, 1.54) is 12.3 Å². The summed E-state index contributed by atoms with van der Waals surface area (Å²) in [5.74, 6) is -1.88. The summed E-state index contributed by atoms with van der Waals surface area (Å²) < 4.78 is 50.4. The van der Waals surface area contributed by atoms with E-state index in [1.54, 1.807) is 24.3 Å². The van der Waals surface area contributed by atoms with Crippen molar-refractivity contribution in [1.82, 2.24) is 9.29 Å². The van der Waals surface area contributed by atoms with Crippen LogP contribution in [0.1, 0.15) is 6.42 Å². The van der Waals surface area contributed by atoms with Crippen molar-refractivity contribution in [2.45, 2.75) is 17.4 Å². The van der Waals surface area contributed by atoms with E-state index in [2.05, 4.69) is 4.98 Å². The van der Waals surface area contributed by atoms with Crippen LogP contribution in [0, 0.1) is 0 Å². The number of nitrogens with zero attached hydrogens (tertiary/aromatic N) is 2. The van der Waals surface area contributed by atoms with Gasteiger partial charge in [0.25, 0.3) is 0 Å². The molecule has 3 rings (SSSR count). The molecule has 1 aliphatic rings. The van der Waals surface area contributed by atoms with Crippen LogP contribution in [0.15, 0.2) is 41.4 Å². The zero-order valence-corrected chi connectivity index (χ0v) is 14.7. The molecular formula is C15H16N2O6S2. The van der Waals surface area contributed by atoms with Crippen LogP contribution in [0.5, 0.6) is 0 Å². The van der Waals surface area contributed by atoms with Gasteiger partial charge in [0, 0.05) is 17.6 Å². The Hall–Kier alpha value is -2.04. The third-order valence-electron chi connectivity index (χ3n) is 4.09. The highest BCUT2D eigenvalue weighted by molar-refractivity contribution is 7.92. The molecule has 2 aromatic rings. The van der Waals surface area contributed by atoms with Gasteiger partial charge in [0.2, 0.25) is 10.0 Å². The van der Waals surface area contributed by atoms with Crippen molar-refractivity contribution in [3.05, 3.63) is 36.5 Å². The van der Waals surface area contributed by atoms with Gasteiger partial charge in [0.1, 0.15) is 11.4 Å². The number of sulfonamides is 1. The minimum absolute atomic E-state index is 0.0764. The Bertz CT molecular complexity index is 1030. The molecule has 1 fully saturated rings. The molecule has 1 saturated heterocycles. The summed E-state index contributed by atoms with van der Waals surface area (Å²) in [4.78, 5) is 15.2.